The second kappa shape index (κ2) is 15.3. The van der Waals surface area contributed by atoms with Crippen molar-refractivity contribution in [3.05, 3.63) is 34.4 Å². The number of para-hydroxylation sites is 2. The summed E-state index contributed by atoms with van der Waals surface area (Å²) >= 11 is 0. The van der Waals surface area contributed by atoms with Crippen LogP contribution in [0.4, 0.5) is 5.69 Å². The predicted octanol–water partition coefficient (Wildman–Crippen LogP) is 8.44. The molecule has 0 saturated carbocycles. The summed E-state index contributed by atoms with van der Waals surface area (Å²) in [6.07, 6.45) is 12.9. The SMILES string of the molecule is CC(C)CCCC(C)CCCC(C)CCCC(C)CCOc1ccccc1[N+](=O)[O-]. The van der Waals surface area contributed by atoms with Crippen LogP contribution in [0.25, 0.3) is 0 Å². The third kappa shape index (κ3) is 12.2. The second-order valence-electron chi connectivity index (χ2n) is 9.86. The maximum absolute atomic E-state index is 11.0. The Bertz CT molecular complexity index is 587. The van der Waals surface area contributed by atoms with Crippen molar-refractivity contribution < 1.29 is 9.66 Å². The first-order valence-corrected chi connectivity index (χ1v) is 12.2. The van der Waals surface area contributed by atoms with Gasteiger partial charge in [-0.05, 0) is 36.2 Å². The molecule has 0 aromatic heterocycles. The molecule has 0 fully saturated rings. The van der Waals surface area contributed by atoms with Crippen LogP contribution in [0.2, 0.25) is 0 Å². The molecule has 3 atom stereocenters. The van der Waals surface area contributed by atoms with E-state index in [1.54, 1.807) is 18.2 Å². The first kappa shape index (κ1) is 26.5. The molecule has 0 aliphatic carbocycles. The van der Waals surface area contributed by atoms with Crippen LogP contribution in [0.3, 0.4) is 0 Å². The van der Waals surface area contributed by atoms with E-state index in [0.29, 0.717) is 18.3 Å². The molecule has 0 saturated heterocycles. The topological polar surface area (TPSA) is 52.4 Å². The molecule has 4 nitrogen and oxygen atoms in total. The van der Waals surface area contributed by atoms with E-state index in [1.165, 1.54) is 63.9 Å². The van der Waals surface area contributed by atoms with E-state index >= 15 is 0 Å². The molecule has 172 valence electrons. The Hall–Kier alpha value is -1.58. The Morgan fingerprint density at radius 3 is 1.73 bits per heavy atom. The summed E-state index contributed by atoms with van der Waals surface area (Å²) in [5, 5.41) is 11.0. The lowest BCUT2D eigenvalue weighted by molar-refractivity contribution is -0.385. The zero-order chi connectivity index (χ0) is 22.4. The van der Waals surface area contributed by atoms with Gasteiger partial charge in [0.25, 0.3) is 0 Å². The van der Waals surface area contributed by atoms with Crippen molar-refractivity contribution in [3.63, 3.8) is 0 Å². The molecule has 0 spiro atoms. The van der Waals surface area contributed by atoms with Gasteiger partial charge in [0.2, 0.25) is 0 Å². The Morgan fingerprint density at radius 2 is 1.23 bits per heavy atom. The Labute approximate surface area is 184 Å². The second-order valence-corrected chi connectivity index (χ2v) is 9.86. The van der Waals surface area contributed by atoms with Gasteiger partial charge in [0.1, 0.15) is 0 Å². The van der Waals surface area contributed by atoms with Crippen LogP contribution < -0.4 is 4.74 Å². The molecule has 30 heavy (non-hydrogen) atoms. The highest BCUT2D eigenvalue weighted by Crippen LogP contribution is 2.27. The van der Waals surface area contributed by atoms with Crippen LogP contribution in [0.15, 0.2) is 24.3 Å². The van der Waals surface area contributed by atoms with E-state index in [0.717, 1.165) is 24.2 Å². The van der Waals surface area contributed by atoms with E-state index in [9.17, 15) is 10.1 Å². The molecule has 4 heteroatoms. The maximum Gasteiger partial charge on any atom is 0.310 e. The minimum atomic E-state index is -0.382. The highest BCUT2D eigenvalue weighted by molar-refractivity contribution is 5.45. The largest absolute Gasteiger partial charge is 0.487 e. The van der Waals surface area contributed by atoms with Gasteiger partial charge in [-0.2, -0.15) is 0 Å². The fraction of sp³-hybridized carbons (Fsp3) is 0.769. The van der Waals surface area contributed by atoms with Gasteiger partial charge in [-0.3, -0.25) is 10.1 Å². The number of ether oxygens (including phenoxy) is 1. The average Bonchev–Trinajstić information content (AvgIpc) is 2.68. The Morgan fingerprint density at radius 1 is 0.767 bits per heavy atom. The molecule has 3 unspecified atom stereocenters. The van der Waals surface area contributed by atoms with Crippen molar-refractivity contribution >= 4 is 5.69 Å². The summed E-state index contributed by atoms with van der Waals surface area (Å²) in [5.41, 5.74) is 0.0493. The molecule has 0 radical (unpaired) electrons. The zero-order valence-corrected chi connectivity index (χ0v) is 20.1. The van der Waals surface area contributed by atoms with Crippen molar-refractivity contribution in [2.24, 2.45) is 23.7 Å². The Balaban J connectivity index is 2.09. The quantitative estimate of drug-likeness (QED) is 0.188. The van der Waals surface area contributed by atoms with Crippen LogP contribution >= 0.6 is 0 Å². The van der Waals surface area contributed by atoms with Crippen molar-refractivity contribution in [3.8, 4) is 5.75 Å². The summed E-state index contributed by atoms with van der Waals surface area (Å²) in [6, 6.07) is 6.62. The zero-order valence-electron chi connectivity index (χ0n) is 20.1. The van der Waals surface area contributed by atoms with Gasteiger partial charge < -0.3 is 4.74 Å². The van der Waals surface area contributed by atoms with Crippen molar-refractivity contribution in [1.82, 2.24) is 0 Å². The highest BCUT2D eigenvalue weighted by atomic mass is 16.6. The van der Waals surface area contributed by atoms with Gasteiger partial charge in [-0.1, -0.05) is 105 Å². The minimum Gasteiger partial charge on any atom is -0.487 e. The van der Waals surface area contributed by atoms with Gasteiger partial charge in [0.05, 0.1) is 11.5 Å². The molecule has 1 aromatic rings. The smallest absolute Gasteiger partial charge is 0.310 e. The molecule has 0 amide bonds. The van der Waals surface area contributed by atoms with Gasteiger partial charge in [0.15, 0.2) is 5.75 Å². The van der Waals surface area contributed by atoms with Gasteiger partial charge >= 0.3 is 5.69 Å². The third-order valence-electron chi connectivity index (χ3n) is 6.20. The van der Waals surface area contributed by atoms with Crippen molar-refractivity contribution in [2.75, 3.05) is 6.61 Å². The first-order chi connectivity index (χ1) is 14.3. The number of rotatable bonds is 17. The van der Waals surface area contributed by atoms with Crippen molar-refractivity contribution in [2.45, 2.75) is 98.8 Å². The highest BCUT2D eigenvalue weighted by Gasteiger charge is 2.14. The molecule has 1 rings (SSSR count). The predicted molar refractivity (Wildman–Crippen MR) is 127 cm³/mol. The van der Waals surface area contributed by atoms with E-state index < -0.39 is 0 Å². The normalized spacial score (nSPS) is 14.5. The van der Waals surface area contributed by atoms with E-state index in [2.05, 4.69) is 34.6 Å². The number of hydrogen-bond acceptors (Lipinski definition) is 3. The number of hydrogen-bond donors (Lipinski definition) is 0. The molecule has 0 aliphatic heterocycles. The lowest BCUT2D eigenvalue weighted by Gasteiger charge is -2.16. The number of benzene rings is 1. The number of nitro groups is 1. The fourth-order valence-electron chi connectivity index (χ4n) is 4.04. The van der Waals surface area contributed by atoms with Gasteiger partial charge in [0, 0.05) is 6.07 Å². The van der Waals surface area contributed by atoms with Gasteiger partial charge in [-0.25, -0.2) is 0 Å². The van der Waals surface area contributed by atoms with E-state index in [-0.39, 0.29) is 10.6 Å². The lowest BCUT2D eigenvalue weighted by atomic mass is 9.91. The lowest BCUT2D eigenvalue weighted by Crippen LogP contribution is -2.06. The van der Waals surface area contributed by atoms with Crippen LogP contribution in [0.5, 0.6) is 5.75 Å². The van der Waals surface area contributed by atoms with Crippen LogP contribution in [0, 0.1) is 33.8 Å². The standard InChI is InChI=1S/C26H45NO3/c1-21(2)11-8-12-22(3)13-9-14-23(4)15-10-16-24(5)19-20-30-26-18-7-6-17-25(26)27(28)29/h6-7,17-18,21-24H,8-16,19-20H2,1-5H3. The fourth-order valence-corrected chi connectivity index (χ4v) is 4.04. The molecular weight excluding hydrogens is 374 g/mol. The molecule has 0 heterocycles. The minimum absolute atomic E-state index is 0.0493. The van der Waals surface area contributed by atoms with E-state index in [1.807, 2.05) is 0 Å². The average molecular weight is 420 g/mol. The van der Waals surface area contributed by atoms with Crippen LogP contribution in [0.1, 0.15) is 98.8 Å². The molecule has 0 N–H and O–H groups in total. The van der Waals surface area contributed by atoms with Crippen LogP contribution in [-0.4, -0.2) is 11.5 Å². The molecule has 0 aliphatic rings. The summed E-state index contributed by atoms with van der Waals surface area (Å²) in [5.74, 6) is 3.48. The summed E-state index contributed by atoms with van der Waals surface area (Å²) in [4.78, 5) is 10.7. The monoisotopic (exact) mass is 419 g/mol. The number of nitrogens with zero attached hydrogens (tertiary/aromatic N) is 1. The Kier molecular flexibility index (Phi) is 13.5. The maximum atomic E-state index is 11.0. The summed E-state index contributed by atoms with van der Waals surface area (Å²) in [7, 11) is 0. The summed E-state index contributed by atoms with van der Waals surface area (Å²) in [6.45, 7) is 12.2. The molecule has 0 bridgehead atoms. The first-order valence-electron chi connectivity index (χ1n) is 12.2. The third-order valence-corrected chi connectivity index (χ3v) is 6.20. The van der Waals surface area contributed by atoms with Crippen molar-refractivity contribution in [1.29, 1.82) is 0 Å². The number of nitro benzene ring substituents is 1. The van der Waals surface area contributed by atoms with Crippen LogP contribution in [-0.2, 0) is 0 Å². The molecule has 1 aromatic carbocycles. The van der Waals surface area contributed by atoms with Gasteiger partial charge in [-0.15, -0.1) is 0 Å². The summed E-state index contributed by atoms with van der Waals surface area (Å²) < 4.78 is 5.67. The van der Waals surface area contributed by atoms with E-state index in [4.69, 9.17) is 4.74 Å². The molecular formula is C26H45NO3.